The predicted molar refractivity (Wildman–Crippen MR) is 103 cm³/mol. The van der Waals surface area contributed by atoms with Crippen LogP contribution in [0.4, 0.5) is 11.4 Å². The molecule has 1 aromatic heterocycles. The zero-order valence-electron chi connectivity index (χ0n) is 15.8. The second-order valence-corrected chi connectivity index (χ2v) is 7.04. The Labute approximate surface area is 150 Å². The van der Waals surface area contributed by atoms with Gasteiger partial charge in [-0.25, -0.2) is 0 Å². The van der Waals surface area contributed by atoms with Crippen molar-refractivity contribution in [2.24, 2.45) is 0 Å². The predicted octanol–water partition coefficient (Wildman–Crippen LogP) is 3.65. The normalized spacial score (nSPS) is 16.9. The highest BCUT2D eigenvalue weighted by Gasteiger charge is 2.18. The summed E-state index contributed by atoms with van der Waals surface area (Å²) in [5.74, 6) is 0. The maximum atomic E-state index is 9.65. The summed E-state index contributed by atoms with van der Waals surface area (Å²) >= 11 is 0. The molecule has 136 valence electrons. The average Bonchev–Trinajstić information content (AvgIpc) is 2.90. The Hall–Kier alpha value is -2.01. The standard InChI is InChI=1S/C20H30N4O/c1-5-24-16(4)20(15(3)22-24)21-14(2)17-6-8-18(9-7-17)23-12-10-19(25)11-13-23/h6-9,14,19,21,25H,5,10-13H2,1-4H3. The zero-order valence-corrected chi connectivity index (χ0v) is 15.8. The molecule has 0 radical (unpaired) electrons. The molecule has 5 nitrogen and oxygen atoms in total. The molecule has 0 saturated carbocycles. The molecular weight excluding hydrogens is 312 g/mol. The third-order valence-electron chi connectivity index (χ3n) is 5.26. The van der Waals surface area contributed by atoms with Gasteiger partial charge in [-0.05, 0) is 58.2 Å². The SMILES string of the molecule is CCn1nc(C)c(NC(C)c2ccc(N3CCC(O)CC3)cc2)c1C. The number of aliphatic hydroxyl groups is 1. The highest BCUT2D eigenvalue weighted by Crippen LogP contribution is 2.27. The Morgan fingerprint density at radius 2 is 1.84 bits per heavy atom. The number of nitrogens with one attached hydrogen (secondary N) is 1. The summed E-state index contributed by atoms with van der Waals surface area (Å²) in [6.07, 6.45) is 1.59. The van der Waals surface area contributed by atoms with Crippen LogP contribution in [0.15, 0.2) is 24.3 Å². The van der Waals surface area contributed by atoms with Gasteiger partial charge in [0.1, 0.15) is 0 Å². The van der Waals surface area contributed by atoms with E-state index in [0.717, 1.165) is 43.9 Å². The molecule has 5 heteroatoms. The van der Waals surface area contributed by atoms with Crippen molar-refractivity contribution in [1.29, 1.82) is 0 Å². The van der Waals surface area contributed by atoms with E-state index >= 15 is 0 Å². The van der Waals surface area contributed by atoms with Crippen LogP contribution < -0.4 is 10.2 Å². The molecule has 2 aromatic rings. The molecule has 2 heterocycles. The van der Waals surface area contributed by atoms with Gasteiger partial charge in [0, 0.05) is 31.4 Å². The molecule has 1 atom stereocenters. The first kappa shape index (κ1) is 17.8. The summed E-state index contributed by atoms with van der Waals surface area (Å²) in [6, 6.07) is 9.02. The van der Waals surface area contributed by atoms with Crippen LogP contribution in [0.3, 0.4) is 0 Å². The van der Waals surface area contributed by atoms with Gasteiger partial charge in [-0.15, -0.1) is 0 Å². The topological polar surface area (TPSA) is 53.3 Å². The molecule has 3 rings (SSSR count). The van der Waals surface area contributed by atoms with Crippen LogP contribution in [0.1, 0.15) is 49.7 Å². The maximum Gasteiger partial charge on any atom is 0.0828 e. The van der Waals surface area contributed by atoms with Gasteiger partial charge in [0.05, 0.1) is 23.2 Å². The van der Waals surface area contributed by atoms with Crippen LogP contribution in [0.25, 0.3) is 0 Å². The lowest BCUT2D eigenvalue weighted by Crippen LogP contribution is -2.35. The van der Waals surface area contributed by atoms with Crippen molar-refractivity contribution < 1.29 is 5.11 Å². The fourth-order valence-electron chi connectivity index (χ4n) is 3.61. The van der Waals surface area contributed by atoms with E-state index in [1.165, 1.54) is 16.9 Å². The van der Waals surface area contributed by atoms with Crippen molar-refractivity contribution in [2.45, 2.75) is 59.2 Å². The van der Waals surface area contributed by atoms with Crippen molar-refractivity contribution in [3.05, 3.63) is 41.2 Å². The van der Waals surface area contributed by atoms with E-state index in [2.05, 4.69) is 67.3 Å². The van der Waals surface area contributed by atoms with Crippen LogP contribution in [0, 0.1) is 13.8 Å². The highest BCUT2D eigenvalue weighted by molar-refractivity contribution is 5.54. The number of hydrogen-bond donors (Lipinski definition) is 2. The number of rotatable bonds is 5. The lowest BCUT2D eigenvalue weighted by molar-refractivity contribution is 0.145. The second kappa shape index (κ2) is 7.48. The first-order valence-corrected chi connectivity index (χ1v) is 9.33. The Bertz CT molecular complexity index is 699. The maximum absolute atomic E-state index is 9.65. The monoisotopic (exact) mass is 342 g/mol. The molecule has 1 saturated heterocycles. The molecule has 1 aliphatic rings. The summed E-state index contributed by atoms with van der Waals surface area (Å²) < 4.78 is 2.04. The quantitative estimate of drug-likeness (QED) is 0.871. The molecule has 1 aliphatic heterocycles. The van der Waals surface area contributed by atoms with E-state index in [9.17, 15) is 5.11 Å². The number of aliphatic hydroxyl groups excluding tert-OH is 1. The van der Waals surface area contributed by atoms with Crippen LogP contribution in [-0.2, 0) is 6.54 Å². The highest BCUT2D eigenvalue weighted by atomic mass is 16.3. The van der Waals surface area contributed by atoms with Gasteiger partial charge in [0.2, 0.25) is 0 Å². The molecule has 0 amide bonds. The summed E-state index contributed by atoms with van der Waals surface area (Å²) in [7, 11) is 0. The van der Waals surface area contributed by atoms with Crippen LogP contribution >= 0.6 is 0 Å². The molecule has 1 aromatic carbocycles. The van der Waals surface area contributed by atoms with Gasteiger partial charge in [-0.2, -0.15) is 5.10 Å². The number of aryl methyl sites for hydroxylation is 2. The summed E-state index contributed by atoms with van der Waals surface area (Å²) in [5.41, 5.74) is 5.89. The second-order valence-electron chi connectivity index (χ2n) is 7.04. The Balaban J connectivity index is 1.69. The fraction of sp³-hybridized carbons (Fsp3) is 0.550. The molecule has 1 fully saturated rings. The van der Waals surface area contributed by atoms with Gasteiger partial charge in [-0.1, -0.05) is 12.1 Å². The molecule has 0 bridgehead atoms. The molecule has 0 aliphatic carbocycles. The summed E-state index contributed by atoms with van der Waals surface area (Å²) in [4.78, 5) is 2.36. The van der Waals surface area contributed by atoms with E-state index in [-0.39, 0.29) is 12.1 Å². The Morgan fingerprint density at radius 1 is 1.20 bits per heavy atom. The van der Waals surface area contributed by atoms with Gasteiger partial charge in [0.15, 0.2) is 0 Å². The van der Waals surface area contributed by atoms with E-state index < -0.39 is 0 Å². The number of aromatic nitrogens is 2. The summed E-state index contributed by atoms with van der Waals surface area (Å²) in [5, 5.41) is 17.9. The van der Waals surface area contributed by atoms with Crippen molar-refractivity contribution in [1.82, 2.24) is 9.78 Å². The van der Waals surface area contributed by atoms with Crippen molar-refractivity contribution in [2.75, 3.05) is 23.3 Å². The number of piperidine rings is 1. The van der Waals surface area contributed by atoms with Gasteiger partial charge in [-0.3, -0.25) is 4.68 Å². The van der Waals surface area contributed by atoms with Gasteiger partial charge >= 0.3 is 0 Å². The third kappa shape index (κ3) is 3.82. The number of nitrogens with zero attached hydrogens (tertiary/aromatic N) is 3. The first-order chi connectivity index (χ1) is 12.0. The first-order valence-electron chi connectivity index (χ1n) is 9.33. The smallest absolute Gasteiger partial charge is 0.0828 e. The summed E-state index contributed by atoms with van der Waals surface area (Å²) in [6.45, 7) is 11.2. The number of benzene rings is 1. The van der Waals surface area contributed by atoms with Crippen molar-refractivity contribution in [3.63, 3.8) is 0 Å². The lowest BCUT2D eigenvalue weighted by Gasteiger charge is -2.31. The largest absolute Gasteiger partial charge is 0.393 e. The van der Waals surface area contributed by atoms with Crippen LogP contribution in [-0.4, -0.2) is 34.1 Å². The fourth-order valence-corrected chi connectivity index (χ4v) is 3.61. The van der Waals surface area contributed by atoms with E-state index in [1.807, 2.05) is 4.68 Å². The van der Waals surface area contributed by atoms with E-state index in [1.54, 1.807) is 0 Å². The minimum atomic E-state index is -0.129. The van der Waals surface area contributed by atoms with Gasteiger partial charge < -0.3 is 15.3 Å². The van der Waals surface area contributed by atoms with Crippen molar-refractivity contribution >= 4 is 11.4 Å². The average molecular weight is 342 g/mol. The molecular formula is C20H30N4O. The Morgan fingerprint density at radius 3 is 2.40 bits per heavy atom. The van der Waals surface area contributed by atoms with Gasteiger partial charge in [0.25, 0.3) is 0 Å². The molecule has 2 N–H and O–H groups in total. The van der Waals surface area contributed by atoms with Crippen LogP contribution in [0.5, 0.6) is 0 Å². The lowest BCUT2D eigenvalue weighted by atomic mass is 10.0. The van der Waals surface area contributed by atoms with Crippen LogP contribution in [0.2, 0.25) is 0 Å². The minimum Gasteiger partial charge on any atom is -0.393 e. The van der Waals surface area contributed by atoms with E-state index in [0.29, 0.717) is 0 Å². The number of anilines is 2. The third-order valence-corrected chi connectivity index (χ3v) is 5.26. The van der Waals surface area contributed by atoms with Crippen molar-refractivity contribution in [3.8, 4) is 0 Å². The zero-order chi connectivity index (χ0) is 18.0. The minimum absolute atomic E-state index is 0.129. The molecule has 25 heavy (non-hydrogen) atoms. The molecule has 1 unspecified atom stereocenters. The Kier molecular flexibility index (Phi) is 5.33. The van der Waals surface area contributed by atoms with E-state index in [4.69, 9.17) is 0 Å². The number of hydrogen-bond acceptors (Lipinski definition) is 4. The molecule has 0 spiro atoms.